The van der Waals surface area contributed by atoms with Gasteiger partial charge in [0.2, 0.25) is 0 Å². The molecule has 6 heteroatoms. The van der Waals surface area contributed by atoms with Crippen LogP contribution in [0.3, 0.4) is 0 Å². The summed E-state index contributed by atoms with van der Waals surface area (Å²) in [5.74, 6) is 0. The van der Waals surface area contributed by atoms with Crippen LogP contribution in [0.4, 0.5) is 0 Å². The van der Waals surface area contributed by atoms with Gasteiger partial charge in [-0.2, -0.15) is 0 Å². The Kier molecular flexibility index (Phi) is 21.8. The SMILES string of the molecule is CC(C)(C)c1ccnc(-c2ccc(-c3ccccc3-c3cc(-c4ccccc4-c4ccc(-c5cc(C(C)(C)C)ccn5)cc4)cc(-c4ccccc4-c4ccc(-c5ccc(-c6ccccc6-c6cc(-c7ccccc7-c7ccc(-c8cc(C(C)(C)C)ccn8)cc7)cc(-c7ccccc7-c7ccc(-c8cc(C(C)(C)C)ccn8)cc7)c6)cn5)nc4)c3)cc2)c1. The summed E-state index contributed by atoms with van der Waals surface area (Å²) in [6.45, 7) is 27.0. The molecule has 0 radical (unpaired) electrons. The zero-order valence-corrected chi connectivity index (χ0v) is 72.6. The number of hydrogen-bond donors (Lipinski definition) is 0. The lowest BCUT2D eigenvalue weighted by atomic mass is 9.86. The predicted octanol–water partition coefficient (Wildman–Crippen LogP) is 31.6. The average Bonchev–Trinajstić information content (AvgIpc) is 0.769. The zero-order chi connectivity index (χ0) is 85.4. The largest absolute Gasteiger partial charge is 0.256 e. The quantitative estimate of drug-likeness (QED) is 0.0904. The summed E-state index contributed by atoms with van der Waals surface area (Å²) in [6, 6.07) is 129. The van der Waals surface area contributed by atoms with Crippen LogP contribution in [0.2, 0.25) is 0 Å². The van der Waals surface area contributed by atoms with Gasteiger partial charge in [-0.25, -0.2) is 0 Å². The molecule has 124 heavy (non-hydrogen) atoms. The Labute approximate surface area is 731 Å². The lowest BCUT2D eigenvalue weighted by Gasteiger charge is -2.19. The molecule has 0 spiro atoms. The number of aromatic nitrogens is 6. The van der Waals surface area contributed by atoms with Crippen molar-refractivity contribution in [1.82, 2.24) is 29.9 Å². The Bertz CT molecular complexity index is 6200. The second-order valence-electron chi connectivity index (χ2n) is 36.8. The normalized spacial score (nSPS) is 11.9. The van der Waals surface area contributed by atoms with E-state index in [1.54, 1.807) is 0 Å². The third-order valence-corrected chi connectivity index (χ3v) is 24.2. The lowest BCUT2D eigenvalue weighted by Crippen LogP contribution is -2.11. The smallest absolute Gasteiger partial charge is 0.0886 e. The van der Waals surface area contributed by atoms with Crippen LogP contribution < -0.4 is 0 Å². The second kappa shape index (κ2) is 33.5. The van der Waals surface area contributed by atoms with E-state index in [2.05, 4.69) is 435 Å². The van der Waals surface area contributed by atoms with Gasteiger partial charge in [-0.05, 0) is 263 Å². The van der Waals surface area contributed by atoms with Crippen LogP contribution in [0.1, 0.15) is 105 Å². The fourth-order valence-corrected chi connectivity index (χ4v) is 17.0. The first-order valence-corrected chi connectivity index (χ1v) is 43.1. The fraction of sp³-hybridized carbons (Fsp3) is 0.136. The minimum absolute atomic E-state index is 0.000248. The summed E-state index contributed by atoms with van der Waals surface area (Å²) < 4.78 is 0. The molecule has 0 aliphatic heterocycles. The van der Waals surface area contributed by atoms with Crippen LogP contribution in [-0.4, -0.2) is 29.9 Å². The topological polar surface area (TPSA) is 77.3 Å². The molecule has 0 fully saturated rings. The first kappa shape index (κ1) is 80.6. The predicted molar refractivity (Wildman–Crippen MR) is 520 cm³/mol. The standard InChI is InChI=1S/C118H100N6/c1-115(2,3)93-57-61-119-111(71-93)81-45-37-77(38-46-81)97-25-13-19-31-103(97)87-65-88(104-32-20-14-26-98(104)78-39-47-82(48-40-78)112-72-94(58-62-120-112)116(4,5)6)68-91(67-87)107-35-23-17-29-101(107)85-53-55-109(123-75-85)110-56-54-86(76-124-110)102-30-18-24-36-108(102)92-69-89(105-33-21-15-27-99(105)79-41-49-83(50-42-79)113-73-95(59-63-121-113)117(7,8)9)66-90(70-92)106-34-22-16-28-100(106)80-43-51-84(52-44-80)114-74-96(60-64-122-114)118(10,11)12/h13-76H,1-12H3. The number of nitrogens with zero attached hydrogens (tertiary/aromatic N) is 6. The molecule has 0 bridgehead atoms. The first-order chi connectivity index (χ1) is 59.9. The molecular formula is C118H100N6. The van der Waals surface area contributed by atoms with E-state index >= 15 is 0 Å². The highest BCUT2D eigenvalue weighted by Gasteiger charge is 2.24. The Morgan fingerprint density at radius 2 is 0.298 bits per heavy atom. The van der Waals surface area contributed by atoms with Gasteiger partial charge in [-0.15, -0.1) is 0 Å². The van der Waals surface area contributed by atoms with Gasteiger partial charge >= 0.3 is 0 Å². The molecule has 0 saturated heterocycles. The molecule has 0 saturated carbocycles. The number of pyridine rings is 6. The van der Waals surface area contributed by atoms with Gasteiger partial charge in [-0.1, -0.05) is 338 Å². The summed E-state index contributed by atoms with van der Waals surface area (Å²) in [7, 11) is 0. The van der Waals surface area contributed by atoms with Crippen molar-refractivity contribution in [3.63, 3.8) is 0 Å². The minimum atomic E-state index is 0.000248. The second-order valence-corrected chi connectivity index (χ2v) is 36.8. The molecule has 0 unspecified atom stereocenters. The van der Waals surface area contributed by atoms with Crippen molar-refractivity contribution in [2.75, 3.05) is 0 Å². The Hall–Kier alpha value is -14.5. The van der Waals surface area contributed by atoms with Crippen molar-refractivity contribution in [3.05, 3.63) is 411 Å². The average molecular weight is 1600 g/mol. The van der Waals surface area contributed by atoms with Crippen LogP contribution in [0.5, 0.6) is 0 Å². The molecule has 0 aliphatic carbocycles. The molecule has 6 nitrogen and oxygen atoms in total. The van der Waals surface area contributed by atoms with E-state index in [0.29, 0.717) is 0 Å². The summed E-state index contributed by atoms with van der Waals surface area (Å²) in [6.07, 6.45) is 11.7. The molecule has 6 heterocycles. The maximum Gasteiger partial charge on any atom is 0.0886 e. The van der Waals surface area contributed by atoms with Crippen LogP contribution in [0.15, 0.2) is 389 Å². The monoisotopic (exact) mass is 1600 g/mol. The van der Waals surface area contributed by atoms with Gasteiger partial charge in [-0.3, -0.25) is 29.9 Å². The summed E-state index contributed by atoms with van der Waals surface area (Å²) in [5.41, 5.74) is 41.3. The van der Waals surface area contributed by atoms with Crippen molar-refractivity contribution >= 4 is 0 Å². The van der Waals surface area contributed by atoms with Crippen LogP contribution in [0, 0.1) is 0 Å². The van der Waals surface area contributed by atoms with E-state index in [-0.39, 0.29) is 21.7 Å². The van der Waals surface area contributed by atoms with Crippen LogP contribution in [-0.2, 0) is 21.7 Å². The van der Waals surface area contributed by atoms with Gasteiger partial charge in [0.25, 0.3) is 0 Å². The van der Waals surface area contributed by atoms with E-state index in [4.69, 9.17) is 29.9 Å². The number of benzene rings is 12. The number of rotatable bonds is 17. The molecule has 602 valence electrons. The zero-order valence-electron chi connectivity index (χ0n) is 72.6. The van der Waals surface area contributed by atoms with Crippen molar-refractivity contribution in [1.29, 1.82) is 0 Å². The molecule has 12 aromatic carbocycles. The summed E-state index contributed by atoms with van der Waals surface area (Å²) in [5, 5.41) is 0. The molecular weight excluding hydrogens is 1500 g/mol. The molecule has 18 aromatic rings. The molecule has 18 rings (SSSR count). The highest BCUT2D eigenvalue weighted by molar-refractivity contribution is 5.97. The Morgan fingerprint density at radius 1 is 0.137 bits per heavy atom. The van der Waals surface area contributed by atoms with Gasteiger partial charge in [0, 0.05) is 70.6 Å². The lowest BCUT2D eigenvalue weighted by molar-refractivity contribution is 0.589. The van der Waals surface area contributed by atoms with Crippen molar-refractivity contribution in [3.8, 4) is 190 Å². The molecule has 0 atom stereocenters. The van der Waals surface area contributed by atoms with E-state index in [9.17, 15) is 0 Å². The van der Waals surface area contributed by atoms with Gasteiger partial charge in [0.15, 0.2) is 0 Å². The van der Waals surface area contributed by atoms with E-state index < -0.39 is 0 Å². The third kappa shape index (κ3) is 17.1. The maximum absolute atomic E-state index is 5.25. The van der Waals surface area contributed by atoms with E-state index in [1.807, 2.05) is 37.2 Å². The highest BCUT2D eigenvalue weighted by atomic mass is 14.8. The summed E-state index contributed by atoms with van der Waals surface area (Å²) in [4.78, 5) is 29.8. The molecule has 0 amide bonds. The number of hydrogen-bond acceptors (Lipinski definition) is 6. The van der Waals surface area contributed by atoms with Gasteiger partial charge in [0.05, 0.1) is 34.2 Å². The molecule has 6 aromatic heterocycles. The van der Waals surface area contributed by atoms with Gasteiger partial charge in [0.1, 0.15) is 0 Å². The van der Waals surface area contributed by atoms with Crippen LogP contribution >= 0.6 is 0 Å². The maximum atomic E-state index is 5.25. The first-order valence-electron chi connectivity index (χ1n) is 43.1. The van der Waals surface area contributed by atoms with Gasteiger partial charge < -0.3 is 0 Å². The Morgan fingerprint density at radius 3 is 0.468 bits per heavy atom. The van der Waals surface area contributed by atoms with E-state index in [0.717, 1.165) is 190 Å². The van der Waals surface area contributed by atoms with Crippen molar-refractivity contribution in [2.24, 2.45) is 0 Å². The molecule has 0 aliphatic rings. The van der Waals surface area contributed by atoms with E-state index in [1.165, 1.54) is 22.3 Å². The van der Waals surface area contributed by atoms with Crippen LogP contribution in [0.25, 0.3) is 190 Å². The third-order valence-electron chi connectivity index (χ3n) is 24.2. The van der Waals surface area contributed by atoms with Crippen molar-refractivity contribution < 1.29 is 0 Å². The Balaban J connectivity index is 0.690. The highest BCUT2D eigenvalue weighted by Crippen LogP contribution is 2.47. The summed E-state index contributed by atoms with van der Waals surface area (Å²) >= 11 is 0. The molecule has 0 N–H and O–H groups in total. The fourth-order valence-electron chi connectivity index (χ4n) is 17.0. The van der Waals surface area contributed by atoms with Crippen molar-refractivity contribution in [2.45, 2.75) is 105 Å². The minimum Gasteiger partial charge on any atom is -0.256 e.